The lowest BCUT2D eigenvalue weighted by atomic mass is 9.82. The number of rotatable bonds is 2. The van der Waals surface area contributed by atoms with Crippen LogP contribution in [0.3, 0.4) is 0 Å². The molecule has 23 heavy (non-hydrogen) atoms. The molecule has 0 unspecified atom stereocenters. The molecule has 2 aliphatic rings. The molecular weight excluding hydrogens is 341 g/mol. The quantitative estimate of drug-likeness (QED) is 0.800. The van der Waals surface area contributed by atoms with Crippen molar-refractivity contribution in [1.29, 1.82) is 0 Å². The van der Waals surface area contributed by atoms with Crippen molar-refractivity contribution >= 4 is 41.0 Å². The fourth-order valence-electron chi connectivity index (χ4n) is 3.07. The first-order valence-corrected chi connectivity index (χ1v) is 8.11. The summed E-state index contributed by atoms with van der Waals surface area (Å²) in [5, 5.41) is 4.06. The van der Waals surface area contributed by atoms with Crippen molar-refractivity contribution in [2.45, 2.75) is 37.6 Å². The number of imide groups is 1. The van der Waals surface area contributed by atoms with Crippen LogP contribution in [0.4, 0.5) is 4.79 Å². The molecule has 2 N–H and O–H groups in total. The summed E-state index contributed by atoms with van der Waals surface area (Å²) >= 11 is 11.7. The summed E-state index contributed by atoms with van der Waals surface area (Å²) in [6.45, 7) is 0. The lowest BCUT2D eigenvalue weighted by Crippen LogP contribution is -2.50. The highest BCUT2D eigenvalue weighted by Crippen LogP contribution is 2.33. The van der Waals surface area contributed by atoms with Crippen molar-refractivity contribution in [3.05, 3.63) is 33.8 Å². The van der Waals surface area contributed by atoms with Crippen molar-refractivity contribution in [1.82, 2.24) is 15.8 Å². The molecule has 0 bridgehead atoms. The molecule has 0 aromatic heterocycles. The van der Waals surface area contributed by atoms with Crippen LogP contribution in [-0.2, 0) is 4.79 Å². The summed E-state index contributed by atoms with van der Waals surface area (Å²) in [6, 6.07) is 3.71. The maximum Gasteiger partial charge on any atom is 0.344 e. The van der Waals surface area contributed by atoms with Crippen molar-refractivity contribution < 1.29 is 14.4 Å². The molecule has 3 rings (SSSR count). The minimum atomic E-state index is -0.880. The predicted molar refractivity (Wildman–Crippen MR) is 85.1 cm³/mol. The molecule has 6 nitrogen and oxygen atoms in total. The van der Waals surface area contributed by atoms with E-state index in [0.717, 1.165) is 24.3 Å². The Kier molecular flexibility index (Phi) is 4.21. The van der Waals surface area contributed by atoms with E-state index in [9.17, 15) is 14.4 Å². The number of hydrogen-bond donors (Lipinski definition) is 2. The molecule has 0 atom stereocenters. The summed E-state index contributed by atoms with van der Waals surface area (Å²) in [7, 11) is 0. The smallest absolute Gasteiger partial charge is 0.322 e. The Morgan fingerprint density at radius 1 is 1.09 bits per heavy atom. The van der Waals surface area contributed by atoms with Crippen molar-refractivity contribution in [2.75, 3.05) is 0 Å². The van der Waals surface area contributed by atoms with E-state index in [1.54, 1.807) is 0 Å². The second-order valence-corrected chi connectivity index (χ2v) is 6.69. The van der Waals surface area contributed by atoms with Crippen LogP contribution in [0.15, 0.2) is 18.2 Å². The number of hydrazine groups is 1. The minimum Gasteiger partial charge on any atom is -0.322 e. The summed E-state index contributed by atoms with van der Waals surface area (Å²) in [5.41, 5.74) is 1.63. The second kappa shape index (κ2) is 6.02. The van der Waals surface area contributed by atoms with Gasteiger partial charge in [0.2, 0.25) is 0 Å². The van der Waals surface area contributed by atoms with Gasteiger partial charge < -0.3 is 5.32 Å². The average molecular weight is 356 g/mol. The summed E-state index contributed by atoms with van der Waals surface area (Å²) in [5.74, 6) is -1.03. The normalized spacial score (nSPS) is 19.8. The predicted octanol–water partition coefficient (Wildman–Crippen LogP) is 2.89. The van der Waals surface area contributed by atoms with Crippen LogP contribution in [0, 0.1) is 0 Å². The van der Waals surface area contributed by atoms with Crippen LogP contribution in [0.2, 0.25) is 10.0 Å². The number of hydrogen-bond acceptors (Lipinski definition) is 3. The molecule has 4 amide bonds. The molecule has 1 heterocycles. The Balaban J connectivity index is 1.78. The standard InChI is InChI=1S/C15H15Cl2N3O3/c16-10-6-9(7-11(17)8-10)12(21)19-20-13(22)15(18-14(20)23)4-2-1-3-5-15/h6-8H,1-5H2,(H,18,23)(H,19,21). The van der Waals surface area contributed by atoms with E-state index < -0.39 is 23.4 Å². The van der Waals surface area contributed by atoms with Gasteiger partial charge in [0.25, 0.3) is 11.8 Å². The number of benzene rings is 1. The van der Waals surface area contributed by atoms with Crippen molar-refractivity contribution in [2.24, 2.45) is 0 Å². The van der Waals surface area contributed by atoms with E-state index in [1.165, 1.54) is 18.2 Å². The van der Waals surface area contributed by atoms with Gasteiger partial charge in [0.05, 0.1) is 0 Å². The number of nitrogens with zero attached hydrogens (tertiary/aromatic N) is 1. The SMILES string of the molecule is O=C(NN1C(=O)NC2(CCCCC2)C1=O)c1cc(Cl)cc(Cl)c1. The lowest BCUT2D eigenvalue weighted by molar-refractivity contribution is -0.134. The highest BCUT2D eigenvalue weighted by molar-refractivity contribution is 6.35. The first-order chi connectivity index (χ1) is 10.9. The van der Waals surface area contributed by atoms with Gasteiger partial charge in [-0.1, -0.05) is 42.5 Å². The number of carbonyl (C=O) groups excluding carboxylic acids is 3. The number of halogens is 2. The summed E-state index contributed by atoms with van der Waals surface area (Å²) in [4.78, 5) is 36.9. The molecule has 1 aromatic rings. The minimum absolute atomic E-state index is 0.174. The number of amides is 4. The zero-order chi connectivity index (χ0) is 16.6. The monoisotopic (exact) mass is 355 g/mol. The van der Waals surface area contributed by atoms with E-state index in [4.69, 9.17) is 23.2 Å². The molecule has 8 heteroatoms. The molecule has 1 aliphatic carbocycles. The first-order valence-electron chi connectivity index (χ1n) is 7.35. The summed E-state index contributed by atoms with van der Waals surface area (Å²) in [6.07, 6.45) is 3.97. The largest absolute Gasteiger partial charge is 0.344 e. The second-order valence-electron chi connectivity index (χ2n) is 5.81. The lowest BCUT2D eigenvalue weighted by Gasteiger charge is -2.30. The molecular formula is C15H15Cl2N3O3. The van der Waals surface area contributed by atoms with Crippen LogP contribution in [-0.4, -0.2) is 28.4 Å². The van der Waals surface area contributed by atoms with Gasteiger partial charge in [0.1, 0.15) is 5.54 Å². The fraction of sp³-hybridized carbons (Fsp3) is 0.400. The number of carbonyl (C=O) groups is 3. The highest BCUT2D eigenvalue weighted by atomic mass is 35.5. The van der Waals surface area contributed by atoms with E-state index >= 15 is 0 Å². The van der Waals surface area contributed by atoms with Crippen LogP contribution in [0.25, 0.3) is 0 Å². The maximum atomic E-state index is 12.6. The Morgan fingerprint density at radius 3 is 2.30 bits per heavy atom. The van der Waals surface area contributed by atoms with Crippen LogP contribution >= 0.6 is 23.2 Å². The van der Waals surface area contributed by atoms with Gasteiger partial charge in [-0.25, -0.2) is 4.79 Å². The maximum absolute atomic E-state index is 12.6. The van der Waals surface area contributed by atoms with Gasteiger partial charge in [-0.05, 0) is 31.0 Å². The Morgan fingerprint density at radius 2 is 1.70 bits per heavy atom. The Labute approximate surface area is 143 Å². The third-order valence-electron chi connectivity index (χ3n) is 4.21. The van der Waals surface area contributed by atoms with Crippen LogP contribution in [0.1, 0.15) is 42.5 Å². The van der Waals surface area contributed by atoms with Gasteiger partial charge in [-0.2, -0.15) is 5.01 Å². The van der Waals surface area contributed by atoms with Gasteiger partial charge in [-0.15, -0.1) is 0 Å². The third-order valence-corrected chi connectivity index (χ3v) is 4.64. The van der Waals surface area contributed by atoms with E-state index in [2.05, 4.69) is 10.7 Å². The topological polar surface area (TPSA) is 78.5 Å². The molecule has 0 radical (unpaired) electrons. The fourth-order valence-corrected chi connectivity index (χ4v) is 3.59. The first kappa shape index (κ1) is 16.1. The molecule has 1 aromatic carbocycles. The molecule has 1 saturated carbocycles. The molecule has 1 aliphatic heterocycles. The average Bonchev–Trinajstić information content (AvgIpc) is 2.71. The summed E-state index contributed by atoms with van der Waals surface area (Å²) < 4.78 is 0. The zero-order valence-electron chi connectivity index (χ0n) is 12.2. The molecule has 1 saturated heterocycles. The number of urea groups is 1. The van der Waals surface area contributed by atoms with Crippen molar-refractivity contribution in [3.8, 4) is 0 Å². The number of nitrogens with one attached hydrogen (secondary N) is 2. The van der Waals surface area contributed by atoms with Gasteiger partial charge in [0, 0.05) is 15.6 Å². The van der Waals surface area contributed by atoms with Gasteiger partial charge in [0.15, 0.2) is 0 Å². The van der Waals surface area contributed by atoms with E-state index in [-0.39, 0.29) is 5.56 Å². The highest BCUT2D eigenvalue weighted by Gasteiger charge is 2.52. The van der Waals surface area contributed by atoms with E-state index in [0.29, 0.717) is 22.9 Å². The van der Waals surface area contributed by atoms with E-state index in [1.807, 2.05) is 0 Å². The van der Waals surface area contributed by atoms with Gasteiger partial charge in [-0.3, -0.25) is 15.0 Å². The zero-order valence-corrected chi connectivity index (χ0v) is 13.7. The molecule has 122 valence electrons. The van der Waals surface area contributed by atoms with Gasteiger partial charge >= 0.3 is 6.03 Å². The molecule has 2 fully saturated rings. The van der Waals surface area contributed by atoms with Crippen molar-refractivity contribution in [3.63, 3.8) is 0 Å². The van der Waals surface area contributed by atoms with Crippen LogP contribution < -0.4 is 10.7 Å². The Hall–Kier alpha value is -1.79. The third kappa shape index (κ3) is 3.01. The Bertz CT molecular complexity index is 666. The molecule has 1 spiro atoms. The van der Waals surface area contributed by atoms with Crippen LogP contribution in [0.5, 0.6) is 0 Å².